The van der Waals surface area contributed by atoms with Crippen LogP contribution in [0.1, 0.15) is 34.5 Å². The zero-order valence-corrected chi connectivity index (χ0v) is 20.0. The summed E-state index contributed by atoms with van der Waals surface area (Å²) in [5.74, 6) is 0.654. The summed E-state index contributed by atoms with van der Waals surface area (Å²) in [6, 6.07) is 22.7. The lowest BCUT2D eigenvalue weighted by molar-refractivity contribution is 0.0242. The van der Waals surface area contributed by atoms with Gasteiger partial charge < -0.3 is 24.4 Å². The van der Waals surface area contributed by atoms with Gasteiger partial charge in [-0.05, 0) is 23.3 Å². The number of aliphatic hydroxyl groups is 2. The van der Waals surface area contributed by atoms with Crippen LogP contribution in [0.2, 0.25) is 0 Å². The van der Waals surface area contributed by atoms with Crippen LogP contribution in [0.15, 0.2) is 89.9 Å². The first-order valence-electron chi connectivity index (χ1n) is 10.7. The number of hydrogen-bond acceptors (Lipinski definition) is 5. The maximum atomic E-state index is 10.4. The van der Waals surface area contributed by atoms with Crippen molar-refractivity contribution in [2.24, 2.45) is 0 Å². The third kappa shape index (κ3) is 7.81. The van der Waals surface area contributed by atoms with Crippen LogP contribution in [-0.2, 0) is 22.7 Å². The highest BCUT2D eigenvalue weighted by Crippen LogP contribution is 2.31. The molecule has 3 rings (SSSR count). The molecule has 0 aliphatic heterocycles. The summed E-state index contributed by atoms with van der Waals surface area (Å²) in [4.78, 5) is 0. The van der Waals surface area contributed by atoms with E-state index in [1.54, 1.807) is 6.08 Å². The number of aliphatic hydroxyl groups excluding tert-OH is 2. The average Bonchev–Trinajstić information content (AvgIpc) is 2.84. The summed E-state index contributed by atoms with van der Waals surface area (Å²) >= 11 is 3.54. The van der Waals surface area contributed by atoms with Gasteiger partial charge in [-0.25, -0.2) is 0 Å². The van der Waals surface area contributed by atoms with Crippen molar-refractivity contribution in [1.82, 2.24) is 0 Å². The minimum Gasteiger partial charge on any atom is -0.489 e. The van der Waals surface area contributed by atoms with E-state index >= 15 is 0 Å². The Morgan fingerprint density at radius 3 is 1.67 bits per heavy atom. The minimum atomic E-state index is -0.710. The fourth-order valence-electron chi connectivity index (χ4n) is 3.36. The second kappa shape index (κ2) is 13.3. The Balaban J connectivity index is 1.65. The first-order chi connectivity index (χ1) is 16.1. The Labute approximate surface area is 203 Å². The van der Waals surface area contributed by atoms with E-state index in [4.69, 9.17) is 14.2 Å². The van der Waals surface area contributed by atoms with E-state index in [1.165, 1.54) is 0 Å². The summed E-state index contributed by atoms with van der Waals surface area (Å²) in [5.41, 5.74) is 3.27. The van der Waals surface area contributed by atoms with Gasteiger partial charge in [-0.3, -0.25) is 0 Å². The van der Waals surface area contributed by atoms with Crippen LogP contribution in [0.5, 0.6) is 5.75 Å². The van der Waals surface area contributed by atoms with Crippen LogP contribution in [0.25, 0.3) is 0 Å². The van der Waals surface area contributed by atoms with Gasteiger partial charge in [-0.15, -0.1) is 0 Å². The molecule has 174 valence electrons. The molecule has 0 bridgehead atoms. The van der Waals surface area contributed by atoms with E-state index in [0.717, 1.165) is 26.7 Å². The first-order valence-corrected chi connectivity index (χ1v) is 11.5. The Hall–Kier alpha value is -2.48. The van der Waals surface area contributed by atoms with E-state index in [9.17, 15) is 10.2 Å². The van der Waals surface area contributed by atoms with Gasteiger partial charge >= 0.3 is 0 Å². The van der Waals surface area contributed by atoms with Crippen LogP contribution in [0.3, 0.4) is 0 Å². The normalized spacial score (nSPS) is 12.8. The third-order valence-corrected chi connectivity index (χ3v) is 5.45. The lowest BCUT2D eigenvalue weighted by Gasteiger charge is -2.18. The number of halogens is 1. The molecule has 0 saturated carbocycles. The number of hydrogen-bond donors (Lipinski definition) is 2. The van der Waals surface area contributed by atoms with Gasteiger partial charge in [0.25, 0.3) is 0 Å². The number of benzene rings is 3. The van der Waals surface area contributed by atoms with E-state index < -0.39 is 12.2 Å². The number of ether oxygens (including phenoxy) is 3. The molecule has 0 aromatic heterocycles. The van der Waals surface area contributed by atoms with Crippen molar-refractivity contribution < 1.29 is 24.4 Å². The molecule has 33 heavy (non-hydrogen) atoms. The van der Waals surface area contributed by atoms with Crippen LogP contribution < -0.4 is 4.74 Å². The van der Waals surface area contributed by atoms with Crippen LogP contribution in [0.4, 0.5) is 0 Å². The molecule has 0 spiro atoms. The lowest BCUT2D eigenvalue weighted by atomic mass is 10.1. The monoisotopic (exact) mass is 512 g/mol. The molecule has 0 radical (unpaired) electrons. The average molecular weight is 513 g/mol. The molecular formula is C27H29BrO5. The molecular weight excluding hydrogens is 484 g/mol. The van der Waals surface area contributed by atoms with Gasteiger partial charge in [0.05, 0.1) is 26.4 Å². The van der Waals surface area contributed by atoms with E-state index in [-0.39, 0.29) is 26.4 Å². The van der Waals surface area contributed by atoms with E-state index in [1.807, 2.05) is 72.8 Å². The molecule has 2 atom stereocenters. The van der Waals surface area contributed by atoms with Crippen LogP contribution >= 0.6 is 15.9 Å². The minimum absolute atomic E-state index is 0.159. The molecule has 0 fully saturated rings. The Kier molecular flexibility index (Phi) is 10.1. The van der Waals surface area contributed by atoms with Crippen molar-refractivity contribution in [1.29, 1.82) is 0 Å². The molecule has 0 unspecified atom stereocenters. The third-order valence-electron chi connectivity index (χ3n) is 4.99. The fraction of sp³-hybridized carbons (Fsp3) is 0.259. The molecule has 0 aliphatic rings. The fourth-order valence-corrected chi connectivity index (χ4v) is 3.91. The largest absolute Gasteiger partial charge is 0.489 e. The zero-order chi connectivity index (χ0) is 23.5. The van der Waals surface area contributed by atoms with Crippen LogP contribution in [-0.4, -0.2) is 30.0 Å². The van der Waals surface area contributed by atoms with Gasteiger partial charge in [0, 0.05) is 15.6 Å². The highest BCUT2D eigenvalue weighted by atomic mass is 79.9. The van der Waals surface area contributed by atoms with Crippen molar-refractivity contribution in [2.45, 2.75) is 25.4 Å². The summed E-state index contributed by atoms with van der Waals surface area (Å²) < 4.78 is 18.4. The van der Waals surface area contributed by atoms with Crippen molar-refractivity contribution in [3.63, 3.8) is 0 Å². The smallest absolute Gasteiger partial charge is 0.130 e. The molecule has 3 aromatic carbocycles. The molecule has 2 N–H and O–H groups in total. The molecule has 0 amide bonds. The predicted octanol–water partition coefficient (Wildman–Crippen LogP) is 5.51. The molecule has 5 nitrogen and oxygen atoms in total. The first kappa shape index (κ1) is 25.1. The van der Waals surface area contributed by atoms with Crippen LogP contribution in [0, 0.1) is 0 Å². The predicted molar refractivity (Wildman–Crippen MR) is 132 cm³/mol. The quantitative estimate of drug-likeness (QED) is 0.295. The van der Waals surface area contributed by atoms with Gasteiger partial charge in [0.2, 0.25) is 0 Å². The Morgan fingerprint density at radius 2 is 1.24 bits per heavy atom. The van der Waals surface area contributed by atoms with Gasteiger partial charge in [0.15, 0.2) is 0 Å². The molecule has 3 aromatic rings. The van der Waals surface area contributed by atoms with Crippen molar-refractivity contribution in [3.8, 4) is 5.75 Å². The lowest BCUT2D eigenvalue weighted by Crippen LogP contribution is -2.10. The maximum absolute atomic E-state index is 10.4. The summed E-state index contributed by atoms with van der Waals surface area (Å²) in [5, 5.41) is 20.7. The Morgan fingerprint density at radius 1 is 0.788 bits per heavy atom. The van der Waals surface area contributed by atoms with Gasteiger partial charge in [-0.2, -0.15) is 0 Å². The van der Waals surface area contributed by atoms with Crippen molar-refractivity contribution in [2.75, 3.05) is 19.8 Å². The van der Waals surface area contributed by atoms with E-state index in [2.05, 4.69) is 22.5 Å². The van der Waals surface area contributed by atoms with Gasteiger partial charge in [0.1, 0.15) is 24.6 Å². The number of rotatable bonds is 13. The summed E-state index contributed by atoms with van der Waals surface area (Å²) in [7, 11) is 0. The summed E-state index contributed by atoms with van der Waals surface area (Å²) in [6.45, 7) is 4.90. The van der Waals surface area contributed by atoms with Crippen molar-refractivity contribution >= 4 is 15.9 Å². The highest BCUT2D eigenvalue weighted by molar-refractivity contribution is 9.10. The second-order valence-corrected chi connectivity index (χ2v) is 8.45. The molecule has 0 saturated heterocycles. The SMILES string of the molecule is C=CCOc1c(COC[C@@H](O)c2ccccc2)cc(Br)cc1COC[C@@H](O)c1ccccc1. The summed E-state index contributed by atoms with van der Waals surface area (Å²) in [6.07, 6.45) is 0.256. The molecule has 0 heterocycles. The highest BCUT2D eigenvalue weighted by Gasteiger charge is 2.15. The zero-order valence-electron chi connectivity index (χ0n) is 18.4. The van der Waals surface area contributed by atoms with Gasteiger partial charge in [-0.1, -0.05) is 89.2 Å². The Bertz CT molecular complexity index is 921. The van der Waals surface area contributed by atoms with Crippen molar-refractivity contribution in [3.05, 3.63) is 112 Å². The standard InChI is InChI=1S/C27H29BrO5/c1-2-13-33-27-22(16-31-18-25(29)20-9-5-3-6-10-20)14-24(28)15-23(27)17-32-19-26(30)21-11-7-4-8-12-21/h2-12,14-15,25-26,29-30H,1,13,16-19H2/t25-,26-/m1/s1. The maximum Gasteiger partial charge on any atom is 0.130 e. The topological polar surface area (TPSA) is 68.2 Å². The second-order valence-electron chi connectivity index (χ2n) is 7.54. The molecule has 6 heteroatoms. The van der Waals surface area contributed by atoms with E-state index in [0.29, 0.717) is 12.4 Å². The molecule has 0 aliphatic carbocycles.